The third-order valence-electron chi connectivity index (χ3n) is 3.71. The molecular formula is C14H15BrClNO2. The van der Waals surface area contributed by atoms with E-state index in [4.69, 9.17) is 16.3 Å². The molecule has 1 saturated heterocycles. The zero-order valence-electron chi connectivity index (χ0n) is 10.4. The first-order valence-electron chi connectivity index (χ1n) is 6.52. The lowest BCUT2D eigenvalue weighted by Gasteiger charge is -2.19. The Bertz CT molecular complexity index is 504. The van der Waals surface area contributed by atoms with Crippen LogP contribution in [0.15, 0.2) is 22.7 Å². The average Bonchev–Trinajstić information content (AvgIpc) is 3.10. The molecular weight excluding hydrogens is 330 g/mol. The highest BCUT2D eigenvalue weighted by Gasteiger charge is 2.41. The maximum Gasteiger partial charge on any atom is 0.252 e. The number of rotatable bonds is 3. The third kappa shape index (κ3) is 2.96. The minimum Gasteiger partial charge on any atom is -0.376 e. The number of carbonyl (C=O) groups is 1. The molecule has 1 aliphatic carbocycles. The van der Waals surface area contributed by atoms with E-state index in [1.807, 2.05) is 0 Å². The lowest BCUT2D eigenvalue weighted by Crippen LogP contribution is -2.41. The largest absolute Gasteiger partial charge is 0.376 e. The number of benzene rings is 1. The molecule has 1 aromatic carbocycles. The van der Waals surface area contributed by atoms with Crippen molar-refractivity contribution in [1.82, 2.24) is 5.32 Å². The van der Waals surface area contributed by atoms with Gasteiger partial charge in [-0.2, -0.15) is 0 Å². The molecule has 2 aliphatic rings. The van der Waals surface area contributed by atoms with Gasteiger partial charge in [-0.3, -0.25) is 4.79 Å². The molecule has 0 radical (unpaired) electrons. The molecule has 1 heterocycles. The fraction of sp³-hybridized carbons (Fsp3) is 0.500. The van der Waals surface area contributed by atoms with E-state index in [0.29, 0.717) is 16.5 Å². The topological polar surface area (TPSA) is 38.3 Å². The minimum atomic E-state index is -0.0651. The van der Waals surface area contributed by atoms with Gasteiger partial charge < -0.3 is 10.1 Å². The van der Waals surface area contributed by atoms with Gasteiger partial charge in [-0.25, -0.2) is 0 Å². The van der Waals surface area contributed by atoms with Gasteiger partial charge in [-0.15, -0.1) is 0 Å². The van der Waals surface area contributed by atoms with Gasteiger partial charge in [0.15, 0.2) is 0 Å². The number of hydrogen-bond acceptors (Lipinski definition) is 2. The molecule has 0 bridgehead atoms. The summed E-state index contributed by atoms with van der Waals surface area (Å²) in [4.78, 5) is 12.3. The second kappa shape index (κ2) is 5.43. The average molecular weight is 345 g/mol. The summed E-state index contributed by atoms with van der Waals surface area (Å²) in [5, 5.41) is 3.70. The normalized spacial score (nSPS) is 26.4. The Hall–Kier alpha value is -0.580. The van der Waals surface area contributed by atoms with E-state index in [2.05, 4.69) is 21.2 Å². The fourth-order valence-corrected chi connectivity index (χ4v) is 3.44. The smallest absolute Gasteiger partial charge is 0.252 e. The van der Waals surface area contributed by atoms with Crippen molar-refractivity contribution in [1.29, 1.82) is 0 Å². The highest BCUT2D eigenvalue weighted by atomic mass is 79.9. The summed E-state index contributed by atoms with van der Waals surface area (Å²) < 4.78 is 6.45. The van der Waals surface area contributed by atoms with Crippen molar-refractivity contribution in [3.8, 4) is 0 Å². The van der Waals surface area contributed by atoms with E-state index in [1.165, 1.54) is 12.8 Å². The van der Waals surface area contributed by atoms with Crippen LogP contribution < -0.4 is 5.32 Å². The van der Waals surface area contributed by atoms with Crippen LogP contribution in [0.2, 0.25) is 5.02 Å². The van der Waals surface area contributed by atoms with Gasteiger partial charge >= 0.3 is 0 Å². The van der Waals surface area contributed by atoms with Gasteiger partial charge in [-0.1, -0.05) is 11.6 Å². The molecule has 3 nitrogen and oxygen atoms in total. The maximum absolute atomic E-state index is 12.3. The van der Waals surface area contributed by atoms with E-state index in [1.54, 1.807) is 18.2 Å². The van der Waals surface area contributed by atoms with Crippen LogP contribution in [0, 0.1) is 5.92 Å². The van der Waals surface area contributed by atoms with E-state index >= 15 is 0 Å². The standard InChI is InChI=1S/C14H15BrClNO2/c15-11-7-9(16)3-4-10(11)14(18)17-12-5-6-19-13(12)8-1-2-8/h3-4,7-8,12-13H,1-2,5-6H2,(H,17,18). The Labute approximate surface area is 125 Å². The lowest BCUT2D eigenvalue weighted by molar-refractivity contribution is 0.0729. The van der Waals surface area contributed by atoms with Crippen molar-refractivity contribution in [2.75, 3.05) is 6.61 Å². The summed E-state index contributed by atoms with van der Waals surface area (Å²) in [6.07, 6.45) is 3.55. The number of carbonyl (C=O) groups excluding carboxylic acids is 1. The Morgan fingerprint density at radius 2 is 2.16 bits per heavy atom. The summed E-state index contributed by atoms with van der Waals surface area (Å²) >= 11 is 9.26. The summed E-state index contributed by atoms with van der Waals surface area (Å²) in [7, 11) is 0. The molecule has 19 heavy (non-hydrogen) atoms. The molecule has 1 aliphatic heterocycles. The first-order valence-corrected chi connectivity index (χ1v) is 7.70. The Morgan fingerprint density at radius 3 is 2.84 bits per heavy atom. The van der Waals surface area contributed by atoms with Crippen LogP contribution >= 0.6 is 27.5 Å². The predicted octanol–water partition coefficient (Wildman–Crippen LogP) is 3.40. The molecule has 1 aromatic rings. The number of nitrogens with one attached hydrogen (secondary N) is 1. The van der Waals surface area contributed by atoms with Crippen LogP contribution in [0.5, 0.6) is 0 Å². The SMILES string of the molecule is O=C(NC1CCOC1C1CC1)c1ccc(Cl)cc1Br. The number of ether oxygens (including phenoxy) is 1. The van der Waals surface area contributed by atoms with E-state index in [-0.39, 0.29) is 18.1 Å². The zero-order chi connectivity index (χ0) is 13.4. The van der Waals surface area contributed by atoms with Crippen molar-refractivity contribution in [2.24, 2.45) is 5.92 Å². The molecule has 1 saturated carbocycles. The van der Waals surface area contributed by atoms with E-state index in [9.17, 15) is 4.79 Å². The quantitative estimate of drug-likeness (QED) is 0.912. The Balaban J connectivity index is 1.70. The van der Waals surface area contributed by atoms with Crippen LogP contribution in [0.4, 0.5) is 0 Å². The highest BCUT2D eigenvalue weighted by molar-refractivity contribution is 9.10. The Morgan fingerprint density at radius 1 is 1.37 bits per heavy atom. The van der Waals surface area contributed by atoms with Gasteiger partial charge in [0.1, 0.15) is 0 Å². The van der Waals surface area contributed by atoms with Crippen molar-refractivity contribution < 1.29 is 9.53 Å². The Kier molecular flexibility index (Phi) is 3.83. The predicted molar refractivity (Wildman–Crippen MR) is 77.5 cm³/mol. The third-order valence-corrected chi connectivity index (χ3v) is 4.61. The van der Waals surface area contributed by atoms with Crippen LogP contribution in [-0.2, 0) is 4.74 Å². The van der Waals surface area contributed by atoms with E-state index in [0.717, 1.165) is 17.5 Å². The van der Waals surface area contributed by atoms with Crippen LogP contribution in [0.3, 0.4) is 0 Å². The summed E-state index contributed by atoms with van der Waals surface area (Å²) in [6, 6.07) is 5.34. The fourth-order valence-electron chi connectivity index (χ4n) is 2.57. The molecule has 0 aromatic heterocycles. The van der Waals surface area contributed by atoms with Crippen molar-refractivity contribution >= 4 is 33.4 Å². The van der Waals surface area contributed by atoms with Crippen LogP contribution in [0.25, 0.3) is 0 Å². The molecule has 0 spiro atoms. The van der Waals surface area contributed by atoms with Gasteiger partial charge in [0, 0.05) is 16.1 Å². The van der Waals surface area contributed by atoms with E-state index < -0.39 is 0 Å². The van der Waals surface area contributed by atoms with Gasteiger partial charge in [0.05, 0.1) is 17.7 Å². The summed E-state index contributed by atoms with van der Waals surface area (Å²) in [5.41, 5.74) is 0.617. The first-order chi connectivity index (χ1) is 9.15. The lowest BCUT2D eigenvalue weighted by atomic mass is 10.1. The minimum absolute atomic E-state index is 0.0651. The second-order valence-electron chi connectivity index (χ2n) is 5.17. The van der Waals surface area contributed by atoms with Crippen molar-refractivity contribution in [3.05, 3.63) is 33.3 Å². The molecule has 5 heteroatoms. The van der Waals surface area contributed by atoms with Gasteiger partial charge in [0.2, 0.25) is 0 Å². The molecule has 1 amide bonds. The highest BCUT2D eigenvalue weighted by Crippen LogP contribution is 2.38. The van der Waals surface area contributed by atoms with Gasteiger partial charge in [-0.05, 0) is 59.3 Å². The van der Waals surface area contributed by atoms with Crippen molar-refractivity contribution in [3.63, 3.8) is 0 Å². The molecule has 2 unspecified atom stereocenters. The molecule has 102 valence electrons. The van der Waals surface area contributed by atoms with Gasteiger partial charge in [0.25, 0.3) is 5.91 Å². The summed E-state index contributed by atoms with van der Waals surface area (Å²) in [5.74, 6) is 0.575. The molecule has 1 N–H and O–H groups in total. The second-order valence-corrected chi connectivity index (χ2v) is 6.46. The molecule has 2 atom stereocenters. The zero-order valence-corrected chi connectivity index (χ0v) is 12.7. The number of hydrogen-bond donors (Lipinski definition) is 1. The maximum atomic E-state index is 12.3. The first kappa shape index (κ1) is 13.4. The molecule has 3 rings (SSSR count). The molecule has 2 fully saturated rings. The summed E-state index contributed by atoms with van der Waals surface area (Å²) in [6.45, 7) is 0.744. The number of amides is 1. The van der Waals surface area contributed by atoms with Crippen LogP contribution in [0.1, 0.15) is 29.6 Å². The van der Waals surface area contributed by atoms with Crippen LogP contribution in [-0.4, -0.2) is 24.7 Å². The van der Waals surface area contributed by atoms with Crippen molar-refractivity contribution in [2.45, 2.75) is 31.4 Å². The number of halogens is 2. The monoisotopic (exact) mass is 343 g/mol.